The number of carbonyl (C=O) groups excluding carboxylic acids is 1. The molecule has 1 heterocycles. The van der Waals surface area contributed by atoms with Gasteiger partial charge in [-0.25, -0.2) is 0 Å². The smallest absolute Gasteiger partial charge is 0.252 e. The third kappa shape index (κ3) is 4.41. The molecule has 0 aliphatic rings. The highest BCUT2D eigenvalue weighted by atomic mass is 79.9. The van der Waals surface area contributed by atoms with Gasteiger partial charge in [0, 0.05) is 23.2 Å². The largest absolute Gasteiger partial charge is 0.286 e. The number of anilines is 1. The SMILES string of the molecule is Cc1ccc(/C=C/C(=O)N(C)c2nnc(-c3ccc(Br)cc3)s2)cc1. The van der Waals surface area contributed by atoms with Crippen molar-refractivity contribution in [1.29, 1.82) is 0 Å². The molecular weight excluding hydrogens is 398 g/mol. The zero-order valence-corrected chi connectivity index (χ0v) is 16.2. The summed E-state index contributed by atoms with van der Waals surface area (Å²) in [5, 5.41) is 9.66. The van der Waals surface area contributed by atoms with Crippen LogP contribution in [0.4, 0.5) is 5.13 Å². The average Bonchev–Trinajstić information content (AvgIpc) is 3.11. The van der Waals surface area contributed by atoms with Gasteiger partial charge in [-0.15, -0.1) is 10.2 Å². The number of likely N-dealkylation sites (N-methyl/N-ethyl adjacent to an activating group) is 1. The lowest BCUT2D eigenvalue weighted by atomic mass is 10.1. The number of benzene rings is 2. The van der Waals surface area contributed by atoms with Gasteiger partial charge in [0.2, 0.25) is 5.13 Å². The van der Waals surface area contributed by atoms with Gasteiger partial charge >= 0.3 is 0 Å². The van der Waals surface area contributed by atoms with Crippen LogP contribution in [-0.2, 0) is 4.79 Å². The maximum atomic E-state index is 12.3. The molecule has 1 aromatic heterocycles. The summed E-state index contributed by atoms with van der Waals surface area (Å²) < 4.78 is 1.01. The Kier molecular flexibility index (Phi) is 5.40. The van der Waals surface area contributed by atoms with Crippen molar-refractivity contribution in [2.45, 2.75) is 6.92 Å². The number of rotatable bonds is 4. The molecule has 0 saturated heterocycles. The van der Waals surface area contributed by atoms with Crippen LogP contribution in [0.2, 0.25) is 0 Å². The maximum Gasteiger partial charge on any atom is 0.252 e. The molecule has 2 aromatic carbocycles. The Morgan fingerprint density at radius 1 is 1.08 bits per heavy atom. The van der Waals surface area contributed by atoms with Crippen molar-refractivity contribution < 1.29 is 4.79 Å². The monoisotopic (exact) mass is 413 g/mol. The second-order valence-electron chi connectivity index (χ2n) is 5.54. The predicted octanol–water partition coefficient (Wildman–Crippen LogP) is 4.95. The minimum Gasteiger partial charge on any atom is -0.286 e. The van der Waals surface area contributed by atoms with Crippen LogP contribution in [0.1, 0.15) is 11.1 Å². The van der Waals surface area contributed by atoms with E-state index in [2.05, 4.69) is 26.1 Å². The summed E-state index contributed by atoms with van der Waals surface area (Å²) in [7, 11) is 1.70. The summed E-state index contributed by atoms with van der Waals surface area (Å²) in [6.07, 6.45) is 3.35. The van der Waals surface area contributed by atoms with Crippen molar-refractivity contribution in [1.82, 2.24) is 10.2 Å². The predicted molar refractivity (Wildman–Crippen MR) is 107 cm³/mol. The van der Waals surface area contributed by atoms with E-state index in [-0.39, 0.29) is 5.91 Å². The highest BCUT2D eigenvalue weighted by Gasteiger charge is 2.14. The van der Waals surface area contributed by atoms with E-state index in [1.807, 2.05) is 55.5 Å². The van der Waals surface area contributed by atoms with Crippen molar-refractivity contribution >= 4 is 44.4 Å². The molecule has 0 fully saturated rings. The molecule has 0 radical (unpaired) electrons. The molecule has 0 aliphatic heterocycles. The van der Waals surface area contributed by atoms with Crippen LogP contribution in [0.25, 0.3) is 16.6 Å². The second-order valence-corrected chi connectivity index (χ2v) is 7.41. The number of nitrogens with zero attached hydrogens (tertiary/aromatic N) is 3. The normalized spacial score (nSPS) is 11.0. The van der Waals surface area contributed by atoms with Crippen molar-refractivity contribution in [2.24, 2.45) is 0 Å². The zero-order valence-electron chi connectivity index (χ0n) is 13.8. The van der Waals surface area contributed by atoms with Crippen LogP contribution in [0.15, 0.2) is 59.1 Å². The molecule has 4 nitrogen and oxygen atoms in total. The summed E-state index contributed by atoms with van der Waals surface area (Å²) in [5.74, 6) is -0.140. The first kappa shape index (κ1) is 17.5. The first-order chi connectivity index (χ1) is 12.0. The van der Waals surface area contributed by atoms with Crippen LogP contribution in [0.3, 0.4) is 0 Å². The van der Waals surface area contributed by atoms with E-state index < -0.39 is 0 Å². The summed E-state index contributed by atoms with van der Waals surface area (Å²) in [5.41, 5.74) is 3.15. The number of hydrogen-bond acceptors (Lipinski definition) is 4. The van der Waals surface area contributed by atoms with Crippen molar-refractivity contribution in [3.63, 3.8) is 0 Å². The highest BCUT2D eigenvalue weighted by Crippen LogP contribution is 2.29. The van der Waals surface area contributed by atoms with Gasteiger partial charge in [-0.3, -0.25) is 9.69 Å². The fraction of sp³-hybridized carbons (Fsp3) is 0.105. The minimum atomic E-state index is -0.140. The van der Waals surface area contributed by atoms with Crippen LogP contribution >= 0.6 is 27.3 Å². The quantitative estimate of drug-likeness (QED) is 0.568. The lowest BCUT2D eigenvalue weighted by Gasteiger charge is -2.09. The molecule has 0 atom stereocenters. The first-order valence-electron chi connectivity index (χ1n) is 7.65. The van der Waals surface area contributed by atoms with Gasteiger partial charge in [0.05, 0.1) is 0 Å². The van der Waals surface area contributed by atoms with Gasteiger partial charge in [0.1, 0.15) is 5.01 Å². The number of halogens is 1. The fourth-order valence-corrected chi connectivity index (χ4v) is 3.19. The second kappa shape index (κ2) is 7.72. The Labute approximate surface area is 159 Å². The molecule has 3 aromatic rings. The maximum absolute atomic E-state index is 12.3. The van der Waals surface area contributed by atoms with E-state index in [9.17, 15) is 4.79 Å². The lowest BCUT2D eigenvalue weighted by molar-refractivity contribution is -0.113. The van der Waals surface area contributed by atoms with Crippen LogP contribution in [-0.4, -0.2) is 23.2 Å². The van der Waals surface area contributed by atoms with E-state index in [0.29, 0.717) is 5.13 Å². The number of amides is 1. The fourth-order valence-electron chi connectivity index (χ4n) is 2.11. The van der Waals surface area contributed by atoms with Crippen molar-refractivity contribution in [2.75, 3.05) is 11.9 Å². The molecule has 0 saturated carbocycles. The van der Waals surface area contributed by atoms with Gasteiger partial charge in [0.15, 0.2) is 0 Å². The van der Waals surface area contributed by atoms with Gasteiger partial charge in [-0.2, -0.15) is 0 Å². The standard InChI is InChI=1S/C19H16BrN3OS/c1-13-3-5-14(6-4-13)7-12-17(24)23(2)19-22-21-18(25-19)15-8-10-16(20)11-9-15/h3-12H,1-2H3/b12-7+. The van der Waals surface area contributed by atoms with Crippen molar-refractivity contribution in [3.05, 3.63) is 70.2 Å². The Balaban J connectivity index is 1.72. The molecule has 126 valence electrons. The molecule has 0 spiro atoms. The average molecular weight is 414 g/mol. The number of carbonyl (C=O) groups is 1. The summed E-state index contributed by atoms with van der Waals surface area (Å²) >= 11 is 4.80. The van der Waals surface area contributed by atoms with E-state index in [1.165, 1.54) is 21.8 Å². The van der Waals surface area contributed by atoms with Crippen molar-refractivity contribution in [3.8, 4) is 10.6 Å². The molecule has 6 heteroatoms. The number of hydrogen-bond donors (Lipinski definition) is 0. The summed E-state index contributed by atoms with van der Waals surface area (Å²) in [6, 6.07) is 15.8. The number of aromatic nitrogens is 2. The Hall–Kier alpha value is -2.31. The molecule has 0 N–H and O–H groups in total. The molecule has 0 unspecified atom stereocenters. The van der Waals surface area contributed by atoms with E-state index in [4.69, 9.17) is 0 Å². The molecule has 25 heavy (non-hydrogen) atoms. The van der Waals surface area contributed by atoms with Crippen LogP contribution in [0, 0.1) is 6.92 Å². The van der Waals surface area contributed by atoms with Gasteiger partial charge < -0.3 is 0 Å². The molecule has 3 rings (SSSR count). The Bertz CT molecular complexity index is 901. The number of aryl methyl sites for hydroxylation is 1. The van der Waals surface area contributed by atoms with Crippen LogP contribution < -0.4 is 4.90 Å². The molecular formula is C19H16BrN3OS. The summed E-state index contributed by atoms with van der Waals surface area (Å²) in [4.78, 5) is 13.9. The van der Waals surface area contributed by atoms with E-state index in [0.717, 1.165) is 20.6 Å². The Morgan fingerprint density at radius 3 is 2.44 bits per heavy atom. The van der Waals surface area contributed by atoms with Gasteiger partial charge in [-0.1, -0.05) is 69.2 Å². The van der Waals surface area contributed by atoms with Crippen LogP contribution in [0.5, 0.6) is 0 Å². The van der Waals surface area contributed by atoms with E-state index in [1.54, 1.807) is 19.2 Å². The van der Waals surface area contributed by atoms with E-state index >= 15 is 0 Å². The van der Waals surface area contributed by atoms with Gasteiger partial charge in [0.25, 0.3) is 5.91 Å². The molecule has 1 amide bonds. The molecule has 0 aliphatic carbocycles. The molecule has 0 bridgehead atoms. The Morgan fingerprint density at radius 2 is 1.76 bits per heavy atom. The summed E-state index contributed by atoms with van der Waals surface area (Å²) in [6.45, 7) is 2.03. The van der Waals surface area contributed by atoms with Gasteiger partial charge in [-0.05, 0) is 30.7 Å². The minimum absolute atomic E-state index is 0.140. The third-order valence-corrected chi connectivity index (χ3v) is 5.20. The zero-order chi connectivity index (χ0) is 17.8. The third-order valence-electron chi connectivity index (χ3n) is 3.62. The lowest BCUT2D eigenvalue weighted by Crippen LogP contribution is -2.23. The first-order valence-corrected chi connectivity index (χ1v) is 9.26. The highest BCUT2D eigenvalue weighted by molar-refractivity contribution is 9.10. The topological polar surface area (TPSA) is 46.1 Å².